The predicted octanol–water partition coefficient (Wildman–Crippen LogP) is 1.08. The van der Waals surface area contributed by atoms with E-state index in [4.69, 9.17) is 10.5 Å². The third-order valence-electron chi connectivity index (χ3n) is 5.59. The van der Waals surface area contributed by atoms with Crippen molar-refractivity contribution in [2.75, 3.05) is 51.7 Å². The standard InChI is InChI=1S/C20H30N4O3/c1-14-11-16(22-2)3-4-18(14)20(26)23-7-5-15(6-8-23)19(25)24-9-10-27-17(12-21)13-24/h3-4,11,15,17,22H,5-10,12-13,21H2,1-2H3/t17-/m0/s1. The van der Waals surface area contributed by atoms with Crippen LogP contribution in [0, 0.1) is 12.8 Å². The average Bonchev–Trinajstić information content (AvgIpc) is 2.72. The number of nitrogens with zero attached hydrogens (tertiary/aromatic N) is 2. The van der Waals surface area contributed by atoms with Gasteiger partial charge in [-0.05, 0) is 43.5 Å². The second-order valence-electron chi connectivity index (χ2n) is 7.36. The van der Waals surface area contributed by atoms with E-state index in [2.05, 4.69) is 5.32 Å². The van der Waals surface area contributed by atoms with Gasteiger partial charge in [-0.15, -0.1) is 0 Å². The molecular formula is C20H30N4O3. The molecule has 0 aromatic heterocycles. The van der Waals surface area contributed by atoms with Crippen molar-refractivity contribution in [1.82, 2.24) is 9.80 Å². The molecule has 0 bridgehead atoms. The Bertz CT molecular complexity index is 686. The minimum absolute atomic E-state index is 0.0154. The molecule has 1 aromatic rings. The fraction of sp³-hybridized carbons (Fsp3) is 0.600. The second-order valence-corrected chi connectivity index (χ2v) is 7.36. The van der Waals surface area contributed by atoms with Crippen LogP contribution in [0.1, 0.15) is 28.8 Å². The average molecular weight is 374 g/mol. The van der Waals surface area contributed by atoms with Crippen molar-refractivity contribution in [3.8, 4) is 0 Å². The Labute approximate surface area is 160 Å². The molecule has 2 saturated heterocycles. The summed E-state index contributed by atoms with van der Waals surface area (Å²) >= 11 is 0. The number of aryl methyl sites for hydroxylation is 1. The molecule has 2 aliphatic rings. The highest BCUT2D eigenvalue weighted by atomic mass is 16.5. The van der Waals surface area contributed by atoms with Crippen LogP contribution in [0.25, 0.3) is 0 Å². The van der Waals surface area contributed by atoms with E-state index in [-0.39, 0.29) is 23.8 Å². The van der Waals surface area contributed by atoms with E-state index in [0.717, 1.165) is 16.8 Å². The van der Waals surface area contributed by atoms with Crippen molar-refractivity contribution in [3.05, 3.63) is 29.3 Å². The van der Waals surface area contributed by atoms with E-state index in [1.807, 2.05) is 42.0 Å². The number of carbonyl (C=O) groups excluding carboxylic acids is 2. The lowest BCUT2D eigenvalue weighted by atomic mass is 9.94. The number of rotatable bonds is 4. The van der Waals surface area contributed by atoms with Crippen molar-refractivity contribution in [2.45, 2.75) is 25.9 Å². The largest absolute Gasteiger partial charge is 0.388 e. The molecular weight excluding hydrogens is 344 g/mol. The first kappa shape index (κ1) is 19.6. The lowest BCUT2D eigenvalue weighted by molar-refractivity contribution is -0.144. The lowest BCUT2D eigenvalue weighted by Crippen LogP contribution is -2.51. The van der Waals surface area contributed by atoms with Crippen LogP contribution in [-0.2, 0) is 9.53 Å². The Morgan fingerprint density at radius 3 is 2.59 bits per heavy atom. The van der Waals surface area contributed by atoms with Crippen molar-refractivity contribution in [1.29, 1.82) is 0 Å². The number of amides is 2. The number of hydrogen-bond acceptors (Lipinski definition) is 5. The van der Waals surface area contributed by atoms with Gasteiger partial charge in [-0.3, -0.25) is 9.59 Å². The van der Waals surface area contributed by atoms with Crippen LogP contribution in [0.4, 0.5) is 5.69 Å². The summed E-state index contributed by atoms with van der Waals surface area (Å²) in [6, 6.07) is 5.78. The van der Waals surface area contributed by atoms with Gasteiger partial charge in [0.15, 0.2) is 0 Å². The van der Waals surface area contributed by atoms with Crippen LogP contribution in [0.5, 0.6) is 0 Å². The Morgan fingerprint density at radius 1 is 1.22 bits per heavy atom. The van der Waals surface area contributed by atoms with E-state index < -0.39 is 0 Å². The quantitative estimate of drug-likeness (QED) is 0.823. The van der Waals surface area contributed by atoms with E-state index in [1.54, 1.807) is 0 Å². The third kappa shape index (κ3) is 4.42. The molecule has 2 amide bonds. The smallest absolute Gasteiger partial charge is 0.254 e. The fourth-order valence-electron chi connectivity index (χ4n) is 3.88. The van der Waals surface area contributed by atoms with E-state index in [0.29, 0.717) is 52.2 Å². The zero-order valence-corrected chi connectivity index (χ0v) is 16.2. The lowest BCUT2D eigenvalue weighted by Gasteiger charge is -2.37. The van der Waals surface area contributed by atoms with Crippen LogP contribution in [0.2, 0.25) is 0 Å². The van der Waals surface area contributed by atoms with Crippen molar-refractivity contribution in [3.63, 3.8) is 0 Å². The summed E-state index contributed by atoms with van der Waals surface area (Å²) in [4.78, 5) is 29.4. The molecule has 3 rings (SSSR count). The topological polar surface area (TPSA) is 87.9 Å². The molecule has 0 unspecified atom stereocenters. The van der Waals surface area contributed by atoms with Crippen LogP contribution in [0.15, 0.2) is 18.2 Å². The number of hydrogen-bond donors (Lipinski definition) is 2. The number of carbonyl (C=O) groups is 2. The number of ether oxygens (including phenoxy) is 1. The summed E-state index contributed by atoms with van der Waals surface area (Å²) in [5.41, 5.74) is 8.36. The van der Waals surface area contributed by atoms with Crippen molar-refractivity contribution >= 4 is 17.5 Å². The number of likely N-dealkylation sites (tertiary alicyclic amines) is 1. The summed E-state index contributed by atoms with van der Waals surface area (Å²) in [7, 11) is 1.86. The zero-order chi connectivity index (χ0) is 19.4. The maximum Gasteiger partial charge on any atom is 0.254 e. The zero-order valence-electron chi connectivity index (χ0n) is 16.2. The molecule has 0 saturated carbocycles. The molecule has 0 radical (unpaired) electrons. The number of anilines is 1. The maximum absolute atomic E-state index is 12.9. The number of piperidine rings is 1. The monoisotopic (exact) mass is 374 g/mol. The number of morpholine rings is 1. The van der Waals surface area contributed by atoms with E-state index in [9.17, 15) is 9.59 Å². The van der Waals surface area contributed by atoms with Gasteiger partial charge in [-0.1, -0.05) is 0 Å². The van der Waals surface area contributed by atoms with Crippen LogP contribution in [0.3, 0.4) is 0 Å². The van der Waals surface area contributed by atoms with Gasteiger partial charge in [0.25, 0.3) is 5.91 Å². The molecule has 2 aliphatic heterocycles. The molecule has 7 nitrogen and oxygen atoms in total. The Morgan fingerprint density at radius 2 is 1.96 bits per heavy atom. The highest BCUT2D eigenvalue weighted by molar-refractivity contribution is 5.96. The molecule has 148 valence electrons. The van der Waals surface area contributed by atoms with Crippen LogP contribution < -0.4 is 11.1 Å². The minimum atomic E-state index is -0.0621. The van der Waals surface area contributed by atoms with E-state index >= 15 is 0 Å². The van der Waals surface area contributed by atoms with Crippen LogP contribution >= 0.6 is 0 Å². The van der Waals surface area contributed by atoms with Gasteiger partial charge in [0, 0.05) is 56.9 Å². The second kappa shape index (κ2) is 8.71. The van der Waals surface area contributed by atoms with Gasteiger partial charge in [0.1, 0.15) is 0 Å². The first-order valence-corrected chi connectivity index (χ1v) is 9.71. The molecule has 0 aliphatic carbocycles. The number of nitrogens with one attached hydrogen (secondary N) is 1. The molecule has 1 atom stereocenters. The van der Waals surface area contributed by atoms with E-state index in [1.165, 1.54) is 0 Å². The summed E-state index contributed by atoms with van der Waals surface area (Å²) in [6.45, 7) is 5.38. The van der Waals surface area contributed by atoms with Gasteiger partial charge >= 0.3 is 0 Å². The van der Waals surface area contributed by atoms with Gasteiger partial charge in [-0.25, -0.2) is 0 Å². The molecule has 27 heavy (non-hydrogen) atoms. The SMILES string of the molecule is CNc1ccc(C(=O)N2CCC(C(=O)N3CCO[C@@H](CN)C3)CC2)c(C)c1. The molecule has 0 spiro atoms. The van der Waals surface area contributed by atoms with Crippen molar-refractivity contribution in [2.24, 2.45) is 11.7 Å². The number of nitrogens with two attached hydrogens (primary N) is 1. The molecule has 3 N–H and O–H groups in total. The van der Waals surface area contributed by atoms with Crippen molar-refractivity contribution < 1.29 is 14.3 Å². The summed E-state index contributed by atoms with van der Waals surface area (Å²) in [5, 5.41) is 3.09. The third-order valence-corrected chi connectivity index (χ3v) is 5.59. The minimum Gasteiger partial charge on any atom is -0.388 e. The highest BCUT2D eigenvalue weighted by Crippen LogP contribution is 2.24. The highest BCUT2D eigenvalue weighted by Gasteiger charge is 2.33. The van der Waals surface area contributed by atoms with Gasteiger partial charge < -0.3 is 25.6 Å². The Balaban J connectivity index is 1.57. The van der Waals surface area contributed by atoms with Gasteiger partial charge in [0.05, 0.1) is 12.7 Å². The van der Waals surface area contributed by atoms with Gasteiger partial charge in [-0.2, -0.15) is 0 Å². The molecule has 2 fully saturated rings. The molecule has 2 heterocycles. The summed E-state index contributed by atoms with van der Waals surface area (Å²) in [6.07, 6.45) is 1.36. The fourth-order valence-corrected chi connectivity index (χ4v) is 3.88. The Kier molecular flexibility index (Phi) is 6.34. The molecule has 1 aromatic carbocycles. The normalized spacial score (nSPS) is 21.2. The van der Waals surface area contributed by atoms with Gasteiger partial charge in [0.2, 0.25) is 5.91 Å². The first-order valence-electron chi connectivity index (χ1n) is 9.71. The number of benzene rings is 1. The Hall–Kier alpha value is -2.12. The molecule has 7 heteroatoms. The summed E-state index contributed by atoms with van der Waals surface area (Å²) in [5.74, 6) is 0.215. The maximum atomic E-state index is 12.9. The first-order chi connectivity index (χ1) is 13.0. The van der Waals surface area contributed by atoms with Crippen LogP contribution in [-0.4, -0.2) is 74.1 Å². The predicted molar refractivity (Wildman–Crippen MR) is 105 cm³/mol. The summed E-state index contributed by atoms with van der Waals surface area (Å²) < 4.78 is 5.54.